The molecule has 2 heteroatoms. The van der Waals surface area contributed by atoms with Gasteiger partial charge in [-0.3, -0.25) is 10.5 Å². The van der Waals surface area contributed by atoms with Gasteiger partial charge in [0.05, 0.1) is 0 Å². The summed E-state index contributed by atoms with van der Waals surface area (Å²) >= 11 is 0. The van der Waals surface area contributed by atoms with Crippen LogP contribution in [-0.4, -0.2) is 5.91 Å². The summed E-state index contributed by atoms with van der Waals surface area (Å²) in [5, 5.41) is 0. The first-order valence-corrected chi connectivity index (χ1v) is 9.99. The molecule has 0 aromatic heterocycles. The molecule has 2 aliphatic rings. The van der Waals surface area contributed by atoms with E-state index in [2.05, 4.69) is 45.9 Å². The number of allylic oxidation sites excluding steroid dienone is 1. The van der Waals surface area contributed by atoms with Crippen LogP contribution >= 0.6 is 0 Å². The molecule has 2 aromatic rings. The summed E-state index contributed by atoms with van der Waals surface area (Å²) in [6, 6.07) is 6.66. The highest BCUT2D eigenvalue weighted by atomic mass is 16.1. The first-order chi connectivity index (χ1) is 12.7. The van der Waals surface area contributed by atoms with Crippen molar-refractivity contribution in [3.63, 3.8) is 0 Å². The van der Waals surface area contributed by atoms with Gasteiger partial charge in [-0.2, -0.15) is 0 Å². The molecule has 139 valence electrons. The summed E-state index contributed by atoms with van der Waals surface area (Å²) in [7, 11) is 0. The maximum Gasteiger partial charge on any atom is 0.269 e. The molecule has 0 spiro atoms. The average Bonchev–Trinajstić information content (AvgIpc) is 2.99. The van der Waals surface area contributed by atoms with E-state index in [-0.39, 0.29) is 5.41 Å². The van der Waals surface area contributed by atoms with Crippen LogP contribution in [0.15, 0.2) is 23.8 Å². The van der Waals surface area contributed by atoms with Gasteiger partial charge in [0.2, 0.25) is 0 Å². The fraction of sp³-hybridized carbons (Fsp3) is 0.400. The minimum absolute atomic E-state index is 0.0659. The van der Waals surface area contributed by atoms with Crippen LogP contribution in [0, 0.1) is 6.92 Å². The summed E-state index contributed by atoms with van der Waals surface area (Å²) < 4.78 is 0. The van der Waals surface area contributed by atoms with Crippen LogP contribution in [0.5, 0.6) is 0 Å². The Kier molecular flexibility index (Phi) is 4.06. The van der Waals surface area contributed by atoms with E-state index < -0.39 is 5.91 Å². The number of hydrogen-bond donors (Lipinski definition) is 0. The van der Waals surface area contributed by atoms with Gasteiger partial charge in [0.25, 0.3) is 5.91 Å². The molecule has 2 nitrogen and oxygen atoms in total. The van der Waals surface area contributed by atoms with Crippen molar-refractivity contribution in [2.75, 3.05) is 0 Å². The molecule has 0 atom stereocenters. The van der Waals surface area contributed by atoms with E-state index in [4.69, 9.17) is 5.73 Å². The van der Waals surface area contributed by atoms with Crippen molar-refractivity contribution >= 4 is 12.0 Å². The van der Waals surface area contributed by atoms with Crippen molar-refractivity contribution in [2.45, 2.75) is 65.7 Å². The van der Waals surface area contributed by atoms with Crippen LogP contribution < -0.4 is 5.73 Å². The number of amides is 1. The van der Waals surface area contributed by atoms with Crippen molar-refractivity contribution in [3.8, 4) is 11.1 Å². The number of carbonyl (C=O) groups is 1. The van der Waals surface area contributed by atoms with Crippen LogP contribution in [0.25, 0.3) is 17.2 Å². The molecule has 0 saturated carbocycles. The number of carbonyl (C=O) groups excluding carboxylic acids is 1. The summed E-state index contributed by atoms with van der Waals surface area (Å²) in [6.07, 6.45) is 6.51. The van der Waals surface area contributed by atoms with E-state index in [1.54, 1.807) is 0 Å². The van der Waals surface area contributed by atoms with Gasteiger partial charge < -0.3 is 0 Å². The highest BCUT2D eigenvalue weighted by molar-refractivity contribution is 5.98. The van der Waals surface area contributed by atoms with Crippen LogP contribution in [0.3, 0.4) is 0 Å². The second kappa shape index (κ2) is 6.09. The molecular weight excluding hydrogens is 330 g/mol. The monoisotopic (exact) mass is 358 g/mol. The van der Waals surface area contributed by atoms with Gasteiger partial charge >= 0.3 is 0 Å². The Balaban J connectivity index is 2.02. The zero-order chi connectivity index (χ0) is 19.5. The average molecular weight is 359 g/mol. The Morgan fingerprint density at radius 1 is 1.11 bits per heavy atom. The van der Waals surface area contributed by atoms with Gasteiger partial charge in [0.15, 0.2) is 0 Å². The lowest BCUT2D eigenvalue weighted by atomic mass is 9.75. The molecule has 0 saturated heterocycles. The largest absolute Gasteiger partial charge is 0.269 e. The zero-order valence-corrected chi connectivity index (χ0v) is 17.0. The molecule has 0 aliphatic heterocycles. The lowest BCUT2D eigenvalue weighted by molar-refractivity contribution is 0.0991. The standard InChI is InChI=1S/C25H28NO/c1-6-15-9-17-11-18(25(3,4)5)13-22(21(17)10-15)23-14(2)20(24(26)27)12-16-7-8-19(16)23/h9,11-13,26H,6-8,10H2,1-5H3. The molecule has 0 heterocycles. The van der Waals surface area contributed by atoms with E-state index in [1.807, 2.05) is 13.0 Å². The van der Waals surface area contributed by atoms with Crippen LogP contribution in [0.4, 0.5) is 0 Å². The molecule has 2 aromatic carbocycles. The zero-order valence-electron chi connectivity index (χ0n) is 17.0. The lowest BCUT2D eigenvalue weighted by Crippen LogP contribution is -2.17. The van der Waals surface area contributed by atoms with Gasteiger partial charge in [0, 0.05) is 5.56 Å². The van der Waals surface area contributed by atoms with Gasteiger partial charge in [-0.25, -0.2) is 0 Å². The smallest absolute Gasteiger partial charge is 0.267 e. The number of fused-ring (bicyclic) bond motifs is 2. The fourth-order valence-corrected chi connectivity index (χ4v) is 4.48. The molecule has 0 bridgehead atoms. The third-order valence-electron chi connectivity index (χ3n) is 6.31. The van der Waals surface area contributed by atoms with Crippen molar-refractivity contribution < 1.29 is 4.79 Å². The Hall–Kier alpha value is -2.35. The quantitative estimate of drug-likeness (QED) is 0.680. The second-order valence-corrected chi connectivity index (χ2v) is 9.07. The Morgan fingerprint density at radius 2 is 1.85 bits per heavy atom. The first-order valence-electron chi connectivity index (χ1n) is 9.99. The second-order valence-electron chi connectivity index (χ2n) is 9.07. The molecule has 2 aliphatic carbocycles. The molecule has 1 N–H and O–H groups in total. The van der Waals surface area contributed by atoms with Crippen LogP contribution in [-0.2, 0) is 24.7 Å². The molecule has 1 radical (unpaired) electrons. The highest BCUT2D eigenvalue weighted by Crippen LogP contribution is 2.44. The molecule has 4 rings (SSSR count). The maximum absolute atomic E-state index is 12.0. The first kappa shape index (κ1) is 18.0. The summed E-state index contributed by atoms with van der Waals surface area (Å²) in [5.74, 6) is -0.570. The van der Waals surface area contributed by atoms with E-state index >= 15 is 0 Å². The Morgan fingerprint density at radius 3 is 2.41 bits per heavy atom. The van der Waals surface area contributed by atoms with Crippen molar-refractivity contribution in [1.29, 1.82) is 0 Å². The summed E-state index contributed by atoms with van der Waals surface area (Å²) in [6.45, 7) is 11.0. The molecular formula is C25H28NO. The van der Waals surface area contributed by atoms with E-state index in [0.29, 0.717) is 5.56 Å². The van der Waals surface area contributed by atoms with Crippen LogP contribution in [0.2, 0.25) is 0 Å². The number of hydrogen-bond acceptors (Lipinski definition) is 1. The lowest BCUT2D eigenvalue weighted by Gasteiger charge is -2.29. The van der Waals surface area contributed by atoms with Gasteiger partial charge in [0.1, 0.15) is 0 Å². The molecule has 27 heavy (non-hydrogen) atoms. The predicted molar refractivity (Wildman–Crippen MR) is 112 cm³/mol. The number of nitrogens with one attached hydrogen (secondary N) is 1. The topological polar surface area (TPSA) is 40.9 Å². The van der Waals surface area contributed by atoms with Crippen molar-refractivity contribution in [3.05, 3.63) is 62.7 Å². The minimum atomic E-state index is -0.570. The van der Waals surface area contributed by atoms with Gasteiger partial charge in [-0.05, 0) is 88.6 Å². The van der Waals surface area contributed by atoms with Gasteiger partial charge in [-0.1, -0.05) is 51.5 Å². The molecule has 0 fully saturated rings. The normalized spacial score (nSPS) is 15.1. The van der Waals surface area contributed by atoms with Gasteiger partial charge in [-0.15, -0.1) is 0 Å². The number of aryl methyl sites for hydroxylation is 1. The number of rotatable bonds is 3. The Labute approximate surface area is 162 Å². The third-order valence-corrected chi connectivity index (χ3v) is 6.31. The van der Waals surface area contributed by atoms with E-state index in [1.165, 1.54) is 44.5 Å². The minimum Gasteiger partial charge on any atom is -0.267 e. The Bertz CT molecular complexity index is 1000. The van der Waals surface area contributed by atoms with Crippen molar-refractivity contribution in [2.24, 2.45) is 0 Å². The number of benzene rings is 2. The van der Waals surface area contributed by atoms with Crippen molar-refractivity contribution in [1.82, 2.24) is 5.73 Å². The predicted octanol–water partition coefficient (Wildman–Crippen LogP) is 5.83. The molecule has 1 amide bonds. The van der Waals surface area contributed by atoms with Crippen LogP contribution in [0.1, 0.15) is 77.9 Å². The van der Waals surface area contributed by atoms with E-state index in [0.717, 1.165) is 31.2 Å². The highest BCUT2D eigenvalue weighted by Gasteiger charge is 2.29. The molecule has 0 unspecified atom stereocenters. The van der Waals surface area contributed by atoms with E-state index in [9.17, 15) is 4.79 Å². The summed E-state index contributed by atoms with van der Waals surface area (Å²) in [4.78, 5) is 12.0. The summed E-state index contributed by atoms with van der Waals surface area (Å²) in [5.41, 5.74) is 20.0. The fourth-order valence-electron chi connectivity index (χ4n) is 4.48. The third kappa shape index (κ3) is 2.82. The SMILES string of the molecule is CCC1=Cc2cc(C(C)(C)C)cc(-c3c(C)c(C([NH])=O)cc4c3CC4)c2C1. The maximum atomic E-state index is 12.0.